The van der Waals surface area contributed by atoms with E-state index in [1.807, 2.05) is 24.0 Å². The third-order valence-electron chi connectivity index (χ3n) is 3.55. The topological polar surface area (TPSA) is 55.6 Å². The fourth-order valence-electron chi connectivity index (χ4n) is 2.35. The molecule has 1 heterocycles. The van der Waals surface area contributed by atoms with Crippen LogP contribution in [0.2, 0.25) is 0 Å². The first-order valence-corrected chi connectivity index (χ1v) is 6.30. The van der Waals surface area contributed by atoms with Gasteiger partial charge in [0.25, 0.3) is 5.91 Å². The molecule has 0 spiro atoms. The number of nitrogens with zero attached hydrogens (tertiary/aromatic N) is 1. The van der Waals surface area contributed by atoms with Gasteiger partial charge in [-0.2, -0.15) is 0 Å². The summed E-state index contributed by atoms with van der Waals surface area (Å²) < 4.78 is 5.34. The van der Waals surface area contributed by atoms with Crippen molar-refractivity contribution in [3.05, 3.63) is 29.3 Å². The van der Waals surface area contributed by atoms with Crippen LogP contribution in [-0.2, 0) is 4.74 Å². The number of nitrogens with two attached hydrogens (primary N) is 1. The molecule has 1 aliphatic heterocycles. The van der Waals surface area contributed by atoms with Crippen LogP contribution in [0.1, 0.15) is 28.8 Å². The normalized spacial score (nSPS) is 19.9. The predicted molar refractivity (Wildman–Crippen MR) is 71.5 cm³/mol. The second-order valence-electron chi connectivity index (χ2n) is 4.79. The Morgan fingerprint density at radius 3 is 3.00 bits per heavy atom. The number of likely N-dealkylation sites (tertiary alicyclic amines) is 1. The molecular weight excluding hydrogens is 228 g/mol. The summed E-state index contributed by atoms with van der Waals surface area (Å²) in [7, 11) is 1.69. The fourth-order valence-corrected chi connectivity index (χ4v) is 2.35. The maximum atomic E-state index is 12.4. The number of aryl methyl sites for hydroxylation is 1. The smallest absolute Gasteiger partial charge is 0.256 e. The zero-order valence-electron chi connectivity index (χ0n) is 11.0. The van der Waals surface area contributed by atoms with Gasteiger partial charge >= 0.3 is 0 Å². The summed E-state index contributed by atoms with van der Waals surface area (Å²) >= 11 is 0. The van der Waals surface area contributed by atoms with Gasteiger partial charge in [-0.3, -0.25) is 4.79 Å². The quantitative estimate of drug-likeness (QED) is 0.812. The van der Waals surface area contributed by atoms with Gasteiger partial charge in [0.1, 0.15) is 0 Å². The lowest BCUT2D eigenvalue weighted by molar-refractivity contribution is 0.0269. The molecule has 2 N–H and O–H groups in total. The number of para-hydroxylation sites is 1. The van der Waals surface area contributed by atoms with Crippen LogP contribution in [0.4, 0.5) is 5.69 Å². The van der Waals surface area contributed by atoms with E-state index < -0.39 is 0 Å². The Hall–Kier alpha value is -1.55. The third-order valence-corrected chi connectivity index (χ3v) is 3.55. The summed E-state index contributed by atoms with van der Waals surface area (Å²) in [6.45, 7) is 3.36. The maximum Gasteiger partial charge on any atom is 0.256 e. The van der Waals surface area contributed by atoms with E-state index in [-0.39, 0.29) is 12.0 Å². The first-order chi connectivity index (χ1) is 8.63. The van der Waals surface area contributed by atoms with Crippen molar-refractivity contribution in [2.75, 3.05) is 25.9 Å². The Bertz CT molecular complexity index is 445. The molecule has 1 unspecified atom stereocenters. The van der Waals surface area contributed by atoms with Crippen molar-refractivity contribution in [2.45, 2.75) is 25.9 Å². The zero-order valence-corrected chi connectivity index (χ0v) is 11.0. The zero-order chi connectivity index (χ0) is 13.1. The highest BCUT2D eigenvalue weighted by molar-refractivity contribution is 5.99. The minimum atomic E-state index is 0.0120. The number of hydrogen-bond acceptors (Lipinski definition) is 3. The minimum Gasteiger partial charge on any atom is -0.398 e. The van der Waals surface area contributed by atoms with Crippen LogP contribution in [0.25, 0.3) is 0 Å². The van der Waals surface area contributed by atoms with Gasteiger partial charge in [-0.15, -0.1) is 0 Å². The Morgan fingerprint density at radius 1 is 1.50 bits per heavy atom. The largest absolute Gasteiger partial charge is 0.398 e. The molecule has 1 aromatic rings. The number of ether oxygens (including phenoxy) is 1. The average Bonchev–Trinajstić information content (AvgIpc) is 2.41. The number of hydrogen-bond donors (Lipinski definition) is 1. The Kier molecular flexibility index (Phi) is 3.87. The van der Waals surface area contributed by atoms with E-state index in [0.29, 0.717) is 17.8 Å². The van der Waals surface area contributed by atoms with E-state index in [1.165, 1.54) is 0 Å². The van der Waals surface area contributed by atoms with Crippen molar-refractivity contribution in [3.63, 3.8) is 0 Å². The molecule has 18 heavy (non-hydrogen) atoms. The lowest BCUT2D eigenvalue weighted by Crippen LogP contribution is -2.43. The number of amides is 1. The lowest BCUT2D eigenvalue weighted by atomic mass is 10.0. The molecule has 0 saturated carbocycles. The van der Waals surface area contributed by atoms with Crippen LogP contribution in [0, 0.1) is 6.92 Å². The highest BCUT2D eigenvalue weighted by atomic mass is 16.5. The first kappa shape index (κ1) is 12.9. The lowest BCUT2D eigenvalue weighted by Gasteiger charge is -2.32. The SMILES string of the molecule is COC1CCCN(C(=O)c2cccc(C)c2N)C1. The van der Waals surface area contributed by atoms with Crippen LogP contribution < -0.4 is 5.73 Å². The molecule has 0 aliphatic carbocycles. The summed E-state index contributed by atoms with van der Waals surface area (Å²) in [5.74, 6) is 0.0120. The molecule has 2 rings (SSSR count). The van der Waals surface area contributed by atoms with Gasteiger partial charge in [-0.1, -0.05) is 12.1 Å². The maximum absolute atomic E-state index is 12.4. The number of nitrogen functional groups attached to an aromatic ring is 1. The van der Waals surface area contributed by atoms with E-state index in [4.69, 9.17) is 10.5 Å². The third kappa shape index (κ3) is 2.48. The fraction of sp³-hybridized carbons (Fsp3) is 0.500. The van der Waals surface area contributed by atoms with Gasteiger partial charge in [-0.25, -0.2) is 0 Å². The van der Waals surface area contributed by atoms with Gasteiger partial charge < -0.3 is 15.4 Å². The summed E-state index contributed by atoms with van der Waals surface area (Å²) in [6.07, 6.45) is 2.15. The van der Waals surface area contributed by atoms with Crippen molar-refractivity contribution in [1.82, 2.24) is 4.90 Å². The predicted octanol–water partition coefficient (Wildman–Crippen LogP) is 1.83. The van der Waals surface area contributed by atoms with Crippen LogP contribution in [0.15, 0.2) is 18.2 Å². The standard InChI is InChI=1S/C14H20N2O2/c1-10-5-3-7-12(13(10)15)14(17)16-8-4-6-11(9-16)18-2/h3,5,7,11H,4,6,8-9,15H2,1-2H3. The number of rotatable bonds is 2. The Labute approximate surface area is 108 Å². The molecule has 1 amide bonds. The number of methoxy groups -OCH3 is 1. The molecule has 98 valence electrons. The number of piperidine rings is 1. The molecule has 1 saturated heterocycles. The first-order valence-electron chi connectivity index (χ1n) is 6.30. The summed E-state index contributed by atoms with van der Waals surface area (Å²) in [6, 6.07) is 5.58. The van der Waals surface area contributed by atoms with Crippen LogP contribution in [0.5, 0.6) is 0 Å². The number of carbonyl (C=O) groups excluding carboxylic acids is 1. The van der Waals surface area contributed by atoms with E-state index >= 15 is 0 Å². The molecule has 1 atom stereocenters. The van der Waals surface area contributed by atoms with Gasteiger partial charge in [0, 0.05) is 25.9 Å². The van der Waals surface area contributed by atoms with E-state index in [9.17, 15) is 4.79 Å². The molecule has 4 heteroatoms. The van der Waals surface area contributed by atoms with E-state index in [1.54, 1.807) is 13.2 Å². The van der Waals surface area contributed by atoms with E-state index in [0.717, 1.165) is 24.9 Å². The van der Waals surface area contributed by atoms with Gasteiger partial charge in [0.2, 0.25) is 0 Å². The second kappa shape index (κ2) is 5.40. The van der Waals surface area contributed by atoms with Gasteiger partial charge in [0.15, 0.2) is 0 Å². The average molecular weight is 248 g/mol. The molecule has 0 aromatic heterocycles. The number of carbonyl (C=O) groups is 1. The van der Waals surface area contributed by atoms with Crippen LogP contribution in [-0.4, -0.2) is 37.1 Å². The van der Waals surface area contributed by atoms with Crippen LogP contribution >= 0.6 is 0 Å². The van der Waals surface area contributed by atoms with Crippen molar-refractivity contribution in [3.8, 4) is 0 Å². The highest BCUT2D eigenvalue weighted by Crippen LogP contribution is 2.21. The molecular formula is C14H20N2O2. The summed E-state index contributed by atoms with van der Waals surface area (Å²) in [5, 5.41) is 0. The second-order valence-corrected chi connectivity index (χ2v) is 4.79. The van der Waals surface area contributed by atoms with Crippen LogP contribution in [0.3, 0.4) is 0 Å². The Morgan fingerprint density at radius 2 is 2.28 bits per heavy atom. The van der Waals surface area contributed by atoms with Crippen molar-refractivity contribution in [2.24, 2.45) is 0 Å². The van der Waals surface area contributed by atoms with Gasteiger partial charge in [-0.05, 0) is 31.4 Å². The Balaban J connectivity index is 2.18. The van der Waals surface area contributed by atoms with Crippen molar-refractivity contribution < 1.29 is 9.53 Å². The van der Waals surface area contributed by atoms with E-state index in [2.05, 4.69) is 0 Å². The number of anilines is 1. The monoisotopic (exact) mass is 248 g/mol. The van der Waals surface area contributed by atoms with Gasteiger partial charge in [0.05, 0.1) is 11.7 Å². The highest BCUT2D eigenvalue weighted by Gasteiger charge is 2.25. The molecule has 1 fully saturated rings. The molecule has 1 aliphatic rings. The van der Waals surface area contributed by atoms with Crippen molar-refractivity contribution >= 4 is 11.6 Å². The molecule has 0 bridgehead atoms. The van der Waals surface area contributed by atoms with Crippen molar-refractivity contribution in [1.29, 1.82) is 0 Å². The molecule has 4 nitrogen and oxygen atoms in total. The summed E-state index contributed by atoms with van der Waals surface area (Å²) in [5.41, 5.74) is 8.11. The molecule has 1 aromatic carbocycles. The summed E-state index contributed by atoms with van der Waals surface area (Å²) in [4.78, 5) is 14.3. The molecule has 0 radical (unpaired) electrons. The number of benzene rings is 1. The minimum absolute atomic E-state index is 0.0120.